The van der Waals surface area contributed by atoms with Gasteiger partial charge in [0, 0.05) is 24.8 Å². The van der Waals surface area contributed by atoms with Crippen LogP contribution in [0.4, 0.5) is 30.5 Å². The van der Waals surface area contributed by atoms with Crippen LogP contribution in [0.3, 0.4) is 0 Å². The first-order valence-electron chi connectivity index (χ1n) is 11.7. The third kappa shape index (κ3) is 4.80. The van der Waals surface area contributed by atoms with Crippen LogP contribution in [0.15, 0.2) is 35.6 Å². The molecule has 36 heavy (non-hydrogen) atoms. The Labute approximate surface area is 205 Å². The number of ether oxygens (including phenoxy) is 2. The molecular weight excluding hydrogens is 477 g/mol. The summed E-state index contributed by atoms with van der Waals surface area (Å²) >= 11 is 0. The van der Waals surface area contributed by atoms with E-state index in [0.29, 0.717) is 54.6 Å². The van der Waals surface area contributed by atoms with Gasteiger partial charge in [-0.25, -0.2) is 23.2 Å². The van der Waals surface area contributed by atoms with Crippen molar-refractivity contribution in [2.45, 2.75) is 31.1 Å². The van der Waals surface area contributed by atoms with Crippen LogP contribution < -0.4 is 15.4 Å². The van der Waals surface area contributed by atoms with Gasteiger partial charge in [-0.05, 0) is 30.2 Å². The lowest BCUT2D eigenvalue weighted by atomic mass is 10.0. The van der Waals surface area contributed by atoms with E-state index >= 15 is 0 Å². The molecule has 2 aromatic heterocycles. The van der Waals surface area contributed by atoms with E-state index in [2.05, 4.69) is 30.7 Å². The number of likely N-dealkylation sites (tertiary alicyclic amines) is 1. The van der Waals surface area contributed by atoms with E-state index in [1.54, 1.807) is 35.0 Å². The number of hydrogen-bond acceptors (Lipinski definition) is 9. The largest absolute Gasteiger partial charge is 0.479 e. The fourth-order valence-corrected chi connectivity index (χ4v) is 4.58. The average Bonchev–Trinajstić information content (AvgIpc) is 3.26. The van der Waals surface area contributed by atoms with E-state index in [0.717, 1.165) is 6.54 Å². The standard InChI is InChI=1S/C23H27F3N8O2/c1-35-22-21-15(13-2-3-18(31-27)19(8-13)28-9-20(25)26)4-7-34(21)32-23(30-22)29-17-5-6-33(10-16(17)24)14-11-36-12-14/h2-4,7-8,14,16-17,20,27-28H,5-6,9-12H2,1H3,(H,29,32)/t16-,17-/m0/s1. The summed E-state index contributed by atoms with van der Waals surface area (Å²) in [5.41, 5.74) is 9.82. The van der Waals surface area contributed by atoms with E-state index in [1.807, 2.05) is 0 Å². The van der Waals surface area contributed by atoms with Crippen molar-refractivity contribution in [3.8, 4) is 17.0 Å². The molecule has 2 saturated heterocycles. The SMILES string of the molecule is COc1nc(N[C@H]2CCN(C3COC3)C[C@@H]2F)nn2ccc(-c3ccc(N=N)c(NCC(F)F)c3)c12. The first kappa shape index (κ1) is 24.3. The van der Waals surface area contributed by atoms with Crippen LogP contribution in [0.5, 0.6) is 5.88 Å². The van der Waals surface area contributed by atoms with Crippen LogP contribution in [-0.4, -0.2) is 84.1 Å². The molecule has 0 bridgehead atoms. The highest BCUT2D eigenvalue weighted by Crippen LogP contribution is 2.36. The number of benzene rings is 1. The predicted molar refractivity (Wildman–Crippen MR) is 127 cm³/mol. The summed E-state index contributed by atoms with van der Waals surface area (Å²) in [6.07, 6.45) is -1.29. The van der Waals surface area contributed by atoms with Gasteiger partial charge in [-0.1, -0.05) is 6.07 Å². The summed E-state index contributed by atoms with van der Waals surface area (Å²) in [6.45, 7) is 1.85. The zero-order chi connectivity index (χ0) is 25.2. The van der Waals surface area contributed by atoms with E-state index in [1.165, 1.54) is 7.11 Å². The second-order valence-corrected chi connectivity index (χ2v) is 8.82. The molecule has 0 aliphatic carbocycles. The number of methoxy groups -OCH3 is 1. The highest BCUT2D eigenvalue weighted by Gasteiger charge is 2.35. The van der Waals surface area contributed by atoms with E-state index < -0.39 is 25.2 Å². The molecule has 3 N–H and O–H groups in total. The van der Waals surface area contributed by atoms with Gasteiger partial charge in [0.05, 0.1) is 44.6 Å². The number of alkyl halides is 3. The summed E-state index contributed by atoms with van der Waals surface area (Å²) in [7, 11) is 1.48. The highest BCUT2D eigenvalue weighted by molar-refractivity contribution is 5.87. The number of hydrogen-bond donors (Lipinski definition) is 3. The molecule has 0 radical (unpaired) electrons. The molecule has 3 aromatic rings. The summed E-state index contributed by atoms with van der Waals surface area (Å²) in [5, 5.41) is 13.7. The van der Waals surface area contributed by atoms with Crippen molar-refractivity contribution in [2.24, 2.45) is 5.11 Å². The van der Waals surface area contributed by atoms with Gasteiger partial charge in [0.25, 0.3) is 6.43 Å². The van der Waals surface area contributed by atoms with Crippen molar-refractivity contribution in [1.29, 1.82) is 5.53 Å². The number of halogens is 3. The molecular formula is C23H27F3N8O2. The summed E-state index contributed by atoms with van der Waals surface area (Å²) in [4.78, 5) is 6.60. The van der Waals surface area contributed by atoms with Crippen LogP contribution in [0, 0.1) is 5.53 Å². The third-order valence-corrected chi connectivity index (χ3v) is 6.57. The Kier molecular flexibility index (Phi) is 6.92. The molecule has 0 spiro atoms. The van der Waals surface area contributed by atoms with Gasteiger partial charge in [0.2, 0.25) is 11.8 Å². The number of fused-ring (bicyclic) bond motifs is 1. The minimum Gasteiger partial charge on any atom is -0.479 e. The lowest BCUT2D eigenvalue weighted by Crippen LogP contribution is -2.57. The van der Waals surface area contributed by atoms with Crippen LogP contribution in [0.2, 0.25) is 0 Å². The van der Waals surface area contributed by atoms with Crippen LogP contribution in [0.25, 0.3) is 16.6 Å². The maximum absolute atomic E-state index is 14.9. The number of nitrogens with one attached hydrogen (secondary N) is 3. The molecule has 1 aromatic carbocycles. The molecule has 0 saturated carbocycles. The van der Waals surface area contributed by atoms with Crippen molar-refractivity contribution in [1.82, 2.24) is 19.5 Å². The van der Waals surface area contributed by atoms with Gasteiger partial charge < -0.3 is 20.1 Å². The molecule has 2 atom stereocenters. The summed E-state index contributed by atoms with van der Waals surface area (Å²) in [5.74, 6) is 0.528. The minimum atomic E-state index is -2.55. The molecule has 2 aliphatic rings. The molecule has 13 heteroatoms. The van der Waals surface area contributed by atoms with Crippen molar-refractivity contribution in [2.75, 3.05) is 50.6 Å². The molecule has 2 fully saturated rings. The van der Waals surface area contributed by atoms with E-state index in [4.69, 9.17) is 15.0 Å². The van der Waals surface area contributed by atoms with Gasteiger partial charge in [-0.15, -0.1) is 5.10 Å². The Morgan fingerprint density at radius 3 is 2.81 bits per heavy atom. The Bertz CT molecular complexity index is 1240. The lowest BCUT2D eigenvalue weighted by Gasteiger charge is -2.42. The average molecular weight is 505 g/mol. The second kappa shape index (κ2) is 10.3. The number of anilines is 2. The molecule has 192 valence electrons. The van der Waals surface area contributed by atoms with Crippen molar-refractivity contribution >= 4 is 22.8 Å². The van der Waals surface area contributed by atoms with E-state index in [-0.39, 0.29) is 17.5 Å². The number of aromatic nitrogens is 3. The van der Waals surface area contributed by atoms with Gasteiger partial charge in [0.1, 0.15) is 17.4 Å². The zero-order valence-corrected chi connectivity index (χ0v) is 19.6. The lowest BCUT2D eigenvalue weighted by molar-refractivity contribution is -0.0794. The van der Waals surface area contributed by atoms with Crippen LogP contribution in [-0.2, 0) is 4.74 Å². The van der Waals surface area contributed by atoms with Gasteiger partial charge in [0.15, 0.2) is 0 Å². The van der Waals surface area contributed by atoms with Gasteiger partial charge >= 0.3 is 0 Å². The normalized spacial score (nSPS) is 20.9. The highest BCUT2D eigenvalue weighted by atomic mass is 19.3. The third-order valence-electron chi connectivity index (χ3n) is 6.57. The predicted octanol–water partition coefficient (Wildman–Crippen LogP) is 3.97. The Morgan fingerprint density at radius 2 is 2.14 bits per heavy atom. The molecule has 4 heterocycles. The molecule has 2 aliphatic heterocycles. The van der Waals surface area contributed by atoms with Gasteiger partial charge in [-0.2, -0.15) is 10.1 Å². The number of nitrogens with zero attached hydrogens (tertiary/aromatic N) is 5. The fourth-order valence-electron chi connectivity index (χ4n) is 4.58. The zero-order valence-electron chi connectivity index (χ0n) is 19.6. The topological polar surface area (TPSA) is 112 Å². The Hall–Kier alpha value is -3.45. The quantitative estimate of drug-likeness (QED) is 0.378. The Balaban J connectivity index is 1.39. The maximum Gasteiger partial charge on any atom is 0.255 e. The summed E-state index contributed by atoms with van der Waals surface area (Å²) < 4.78 is 52.7. The number of piperidine rings is 1. The van der Waals surface area contributed by atoms with E-state index in [9.17, 15) is 13.2 Å². The second-order valence-electron chi connectivity index (χ2n) is 8.82. The molecule has 0 amide bonds. The molecule has 5 rings (SSSR count). The van der Waals surface area contributed by atoms with Gasteiger partial charge in [-0.3, -0.25) is 4.90 Å². The minimum absolute atomic E-state index is 0.245. The maximum atomic E-state index is 14.9. The van der Waals surface area contributed by atoms with Crippen molar-refractivity contribution in [3.05, 3.63) is 30.5 Å². The summed E-state index contributed by atoms with van der Waals surface area (Å²) in [6, 6.07) is 6.62. The first-order valence-corrected chi connectivity index (χ1v) is 11.7. The van der Waals surface area contributed by atoms with Crippen LogP contribution in [0.1, 0.15) is 6.42 Å². The first-order chi connectivity index (χ1) is 17.5. The van der Waals surface area contributed by atoms with Crippen LogP contribution >= 0.6 is 0 Å². The molecule has 0 unspecified atom stereocenters. The monoisotopic (exact) mass is 504 g/mol. The fraction of sp³-hybridized carbons (Fsp3) is 0.478. The number of rotatable bonds is 9. The molecule has 10 nitrogen and oxygen atoms in total. The Morgan fingerprint density at radius 1 is 1.31 bits per heavy atom. The van der Waals surface area contributed by atoms with Crippen molar-refractivity contribution < 1.29 is 22.6 Å². The van der Waals surface area contributed by atoms with Crippen molar-refractivity contribution in [3.63, 3.8) is 0 Å². The smallest absolute Gasteiger partial charge is 0.255 e.